The summed E-state index contributed by atoms with van der Waals surface area (Å²) in [4.78, 5) is 4.35. The van der Waals surface area contributed by atoms with Crippen LogP contribution in [0, 0.1) is 0 Å². The number of methoxy groups -OCH3 is 1. The second-order valence-electron chi connectivity index (χ2n) is 5.49. The monoisotopic (exact) mass is 304 g/mol. The summed E-state index contributed by atoms with van der Waals surface area (Å²) < 4.78 is 5.30. The standard InChI is InChI=1S/C20H20N2O/c1-23-19-9-3-7-17(14-19)16-6-2-5-15(13-16)11-12-18-8-4-10-20(21)22-18/h2-10,13-14H,11-12H2,1H3,(H2,21,22). The molecule has 0 aliphatic heterocycles. The average molecular weight is 304 g/mol. The predicted octanol–water partition coefficient (Wildman–Crippen LogP) is 4.12. The van der Waals surface area contributed by atoms with Crippen LogP contribution in [0.1, 0.15) is 11.3 Å². The predicted molar refractivity (Wildman–Crippen MR) is 94.5 cm³/mol. The molecular weight excluding hydrogens is 284 g/mol. The van der Waals surface area contributed by atoms with E-state index in [-0.39, 0.29) is 0 Å². The van der Waals surface area contributed by atoms with Crippen molar-refractivity contribution in [2.75, 3.05) is 12.8 Å². The third-order valence-electron chi connectivity index (χ3n) is 3.83. The minimum atomic E-state index is 0.577. The van der Waals surface area contributed by atoms with Crippen LogP contribution in [0.25, 0.3) is 11.1 Å². The van der Waals surface area contributed by atoms with E-state index < -0.39 is 0 Å². The summed E-state index contributed by atoms with van der Waals surface area (Å²) >= 11 is 0. The number of anilines is 1. The number of nitrogen functional groups attached to an aromatic ring is 1. The quantitative estimate of drug-likeness (QED) is 0.771. The van der Waals surface area contributed by atoms with Crippen molar-refractivity contribution in [2.45, 2.75) is 12.8 Å². The number of rotatable bonds is 5. The normalized spacial score (nSPS) is 10.5. The summed E-state index contributed by atoms with van der Waals surface area (Å²) in [5.74, 6) is 1.45. The van der Waals surface area contributed by atoms with Crippen LogP contribution in [-0.2, 0) is 12.8 Å². The highest BCUT2D eigenvalue weighted by Crippen LogP contribution is 2.24. The van der Waals surface area contributed by atoms with Gasteiger partial charge in [-0.3, -0.25) is 0 Å². The fourth-order valence-corrected chi connectivity index (χ4v) is 2.62. The van der Waals surface area contributed by atoms with Gasteiger partial charge in [-0.1, -0.05) is 42.5 Å². The van der Waals surface area contributed by atoms with Crippen molar-refractivity contribution >= 4 is 5.82 Å². The van der Waals surface area contributed by atoms with Gasteiger partial charge in [0.1, 0.15) is 11.6 Å². The lowest BCUT2D eigenvalue weighted by atomic mass is 10.00. The van der Waals surface area contributed by atoms with Gasteiger partial charge in [0, 0.05) is 5.69 Å². The van der Waals surface area contributed by atoms with E-state index in [0.29, 0.717) is 5.82 Å². The molecule has 0 fully saturated rings. The Morgan fingerprint density at radius 1 is 0.870 bits per heavy atom. The first-order valence-corrected chi connectivity index (χ1v) is 7.69. The van der Waals surface area contributed by atoms with Crippen molar-refractivity contribution in [3.63, 3.8) is 0 Å². The Morgan fingerprint density at radius 2 is 1.61 bits per heavy atom. The Labute approximate surface area is 136 Å². The molecule has 2 N–H and O–H groups in total. The van der Waals surface area contributed by atoms with E-state index in [4.69, 9.17) is 10.5 Å². The molecule has 0 bridgehead atoms. The van der Waals surface area contributed by atoms with Crippen molar-refractivity contribution in [3.8, 4) is 16.9 Å². The van der Waals surface area contributed by atoms with Crippen molar-refractivity contribution in [1.82, 2.24) is 4.98 Å². The molecule has 0 saturated carbocycles. The van der Waals surface area contributed by atoms with Crippen LogP contribution >= 0.6 is 0 Å². The summed E-state index contributed by atoms with van der Waals surface area (Å²) in [6.07, 6.45) is 1.82. The van der Waals surface area contributed by atoms with E-state index in [2.05, 4.69) is 41.4 Å². The van der Waals surface area contributed by atoms with Gasteiger partial charge in [0.05, 0.1) is 7.11 Å². The lowest BCUT2D eigenvalue weighted by molar-refractivity contribution is 0.415. The van der Waals surface area contributed by atoms with E-state index in [1.807, 2.05) is 30.3 Å². The molecule has 3 aromatic rings. The molecule has 0 unspecified atom stereocenters. The Kier molecular flexibility index (Phi) is 4.57. The molecule has 0 atom stereocenters. The van der Waals surface area contributed by atoms with Crippen molar-refractivity contribution in [3.05, 3.63) is 78.0 Å². The van der Waals surface area contributed by atoms with Crippen LogP contribution < -0.4 is 10.5 Å². The molecule has 1 heterocycles. The minimum Gasteiger partial charge on any atom is -0.497 e. The van der Waals surface area contributed by atoms with Gasteiger partial charge < -0.3 is 10.5 Å². The van der Waals surface area contributed by atoms with Gasteiger partial charge in [-0.2, -0.15) is 0 Å². The molecule has 23 heavy (non-hydrogen) atoms. The zero-order valence-electron chi connectivity index (χ0n) is 13.2. The lowest BCUT2D eigenvalue weighted by Gasteiger charge is -2.07. The second kappa shape index (κ2) is 6.97. The fraction of sp³-hybridized carbons (Fsp3) is 0.150. The van der Waals surface area contributed by atoms with E-state index in [0.717, 1.165) is 29.8 Å². The van der Waals surface area contributed by atoms with Crippen LogP contribution in [-0.4, -0.2) is 12.1 Å². The van der Waals surface area contributed by atoms with Crippen LogP contribution in [0.5, 0.6) is 5.75 Å². The van der Waals surface area contributed by atoms with Gasteiger partial charge in [-0.15, -0.1) is 0 Å². The highest BCUT2D eigenvalue weighted by Gasteiger charge is 2.03. The smallest absolute Gasteiger partial charge is 0.123 e. The minimum absolute atomic E-state index is 0.577. The van der Waals surface area contributed by atoms with Crippen LogP contribution in [0.3, 0.4) is 0 Å². The molecule has 0 aliphatic carbocycles. The van der Waals surface area contributed by atoms with E-state index in [1.54, 1.807) is 7.11 Å². The summed E-state index contributed by atoms with van der Waals surface area (Å²) in [7, 11) is 1.69. The van der Waals surface area contributed by atoms with Gasteiger partial charge in [-0.25, -0.2) is 4.98 Å². The molecule has 116 valence electrons. The second-order valence-corrected chi connectivity index (χ2v) is 5.49. The third kappa shape index (κ3) is 3.89. The van der Waals surface area contributed by atoms with Gasteiger partial charge in [0.25, 0.3) is 0 Å². The van der Waals surface area contributed by atoms with Crippen molar-refractivity contribution in [2.24, 2.45) is 0 Å². The van der Waals surface area contributed by atoms with E-state index >= 15 is 0 Å². The Bertz CT molecular complexity index is 799. The van der Waals surface area contributed by atoms with Crippen LogP contribution in [0.15, 0.2) is 66.7 Å². The summed E-state index contributed by atoms with van der Waals surface area (Å²) in [5, 5.41) is 0. The number of aromatic nitrogens is 1. The first-order valence-electron chi connectivity index (χ1n) is 7.69. The zero-order valence-corrected chi connectivity index (χ0v) is 13.2. The van der Waals surface area contributed by atoms with E-state index in [1.165, 1.54) is 11.1 Å². The maximum atomic E-state index is 5.73. The zero-order chi connectivity index (χ0) is 16.1. The molecule has 2 aromatic carbocycles. The first-order chi connectivity index (χ1) is 11.2. The lowest BCUT2D eigenvalue weighted by Crippen LogP contribution is -1.97. The number of ether oxygens (including phenoxy) is 1. The molecule has 3 rings (SSSR count). The van der Waals surface area contributed by atoms with Gasteiger partial charge in [0.2, 0.25) is 0 Å². The number of hydrogen-bond acceptors (Lipinski definition) is 3. The Balaban J connectivity index is 1.77. The summed E-state index contributed by atoms with van der Waals surface area (Å²) in [5.41, 5.74) is 10.4. The molecule has 0 radical (unpaired) electrons. The van der Waals surface area contributed by atoms with Crippen molar-refractivity contribution in [1.29, 1.82) is 0 Å². The SMILES string of the molecule is COc1cccc(-c2cccc(CCc3cccc(N)n3)c2)c1. The largest absolute Gasteiger partial charge is 0.497 e. The van der Waals surface area contributed by atoms with Crippen molar-refractivity contribution < 1.29 is 4.74 Å². The molecule has 3 nitrogen and oxygen atoms in total. The summed E-state index contributed by atoms with van der Waals surface area (Å²) in [6.45, 7) is 0. The number of benzene rings is 2. The average Bonchev–Trinajstić information content (AvgIpc) is 2.60. The maximum Gasteiger partial charge on any atom is 0.123 e. The third-order valence-corrected chi connectivity index (χ3v) is 3.83. The summed E-state index contributed by atoms with van der Waals surface area (Å²) in [6, 6.07) is 22.5. The number of pyridine rings is 1. The number of aryl methyl sites for hydroxylation is 2. The van der Waals surface area contributed by atoms with Crippen LogP contribution in [0.4, 0.5) is 5.82 Å². The highest BCUT2D eigenvalue weighted by molar-refractivity contribution is 5.65. The molecular formula is C20H20N2O. The van der Waals surface area contributed by atoms with Gasteiger partial charge in [0.15, 0.2) is 0 Å². The molecule has 0 spiro atoms. The first kappa shape index (κ1) is 15.1. The molecule has 1 aromatic heterocycles. The molecule has 0 amide bonds. The van der Waals surface area contributed by atoms with E-state index in [9.17, 15) is 0 Å². The maximum absolute atomic E-state index is 5.73. The molecule has 0 saturated heterocycles. The topological polar surface area (TPSA) is 48.1 Å². The van der Waals surface area contributed by atoms with Gasteiger partial charge in [-0.05, 0) is 53.8 Å². The number of nitrogens with zero attached hydrogens (tertiary/aromatic N) is 1. The van der Waals surface area contributed by atoms with Crippen LogP contribution in [0.2, 0.25) is 0 Å². The van der Waals surface area contributed by atoms with Gasteiger partial charge >= 0.3 is 0 Å². The number of nitrogens with two attached hydrogens (primary N) is 1. The number of hydrogen-bond donors (Lipinski definition) is 1. The molecule has 0 aliphatic rings. The Hall–Kier alpha value is -2.81. The molecule has 3 heteroatoms. The Morgan fingerprint density at radius 3 is 2.39 bits per heavy atom. The fourth-order valence-electron chi connectivity index (χ4n) is 2.62. The highest BCUT2D eigenvalue weighted by atomic mass is 16.5.